The van der Waals surface area contributed by atoms with Gasteiger partial charge < -0.3 is 10.1 Å². The summed E-state index contributed by atoms with van der Waals surface area (Å²) in [4.78, 5) is 14.2. The van der Waals surface area contributed by atoms with Gasteiger partial charge in [0.2, 0.25) is 0 Å². The molecule has 0 unspecified atom stereocenters. The van der Waals surface area contributed by atoms with Crippen LogP contribution in [-0.4, -0.2) is 26.9 Å². The average molecular weight is 257 g/mol. The van der Waals surface area contributed by atoms with Crippen LogP contribution in [-0.2, 0) is 6.54 Å². The van der Waals surface area contributed by atoms with Gasteiger partial charge >= 0.3 is 6.09 Å². The van der Waals surface area contributed by atoms with E-state index in [1.54, 1.807) is 13.1 Å². The molecular weight excluding hydrogens is 242 g/mol. The molecule has 0 atom stereocenters. The second-order valence-electron chi connectivity index (χ2n) is 4.10. The quantitative estimate of drug-likeness (QED) is 0.653. The molecule has 1 aromatic carbocycles. The van der Waals surface area contributed by atoms with Gasteiger partial charge in [0.05, 0.1) is 18.0 Å². The number of carbonyl (C=O) groups is 1. The predicted molar refractivity (Wildman–Crippen MR) is 73.0 cm³/mol. The first kappa shape index (κ1) is 12.9. The van der Waals surface area contributed by atoms with Crippen molar-refractivity contribution in [2.24, 2.45) is 5.10 Å². The summed E-state index contributed by atoms with van der Waals surface area (Å²) in [6.07, 6.45) is 0.700. The molecule has 2 N–H and O–H groups in total. The number of nitrogens with one attached hydrogen (secondary N) is 1. The highest BCUT2D eigenvalue weighted by atomic mass is 16.4. The smallest absolute Gasteiger partial charge is 0.428 e. The first-order valence-corrected chi connectivity index (χ1v) is 5.90. The number of nitrogens with zero attached hydrogens (tertiary/aromatic N) is 2. The van der Waals surface area contributed by atoms with Crippen molar-refractivity contribution in [3.8, 4) is 0 Å². The predicted octanol–water partition coefficient (Wildman–Crippen LogP) is 2.92. The lowest BCUT2D eigenvalue weighted by Crippen LogP contribution is -2.25. The Kier molecular flexibility index (Phi) is 3.97. The van der Waals surface area contributed by atoms with Crippen LogP contribution in [0.3, 0.4) is 0 Å². The van der Waals surface area contributed by atoms with Gasteiger partial charge in [-0.1, -0.05) is 30.3 Å². The van der Waals surface area contributed by atoms with E-state index >= 15 is 0 Å². The molecule has 2 rings (SSSR count). The van der Waals surface area contributed by atoms with Crippen LogP contribution >= 0.6 is 0 Å². The van der Waals surface area contributed by atoms with Crippen LogP contribution in [0.25, 0.3) is 0 Å². The fourth-order valence-corrected chi connectivity index (χ4v) is 1.69. The van der Waals surface area contributed by atoms with E-state index in [1.165, 1.54) is 0 Å². The van der Waals surface area contributed by atoms with Crippen LogP contribution in [0.5, 0.6) is 0 Å². The van der Waals surface area contributed by atoms with Crippen molar-refractivity contribution in [2.75, 3.05) is 0 Å². The van der Waals surface area contributed by atoms with Gasteiger partial charge in [-0.2, -0.15) is 10.1 Å². The third-order valence-electron chi connectivity index (χ3n) is 2.65. The van der Waals surface area contributed by atoms with Gasteiger partial charge in [-0.25, -0.2) is 4.79 Å². The van der Waals surface area contributed by atoms with Crippen LogP contribution < -0.4 is 0 Å². The zero-order valence-electron chi connectivity index (χ0n) is 10.6. The standard InChI is InChI=1S/C14H15N3O2/c1-11(13-8-5-9-15-13)16-17(14(18)19)10-12-6-3-2-4-7-12/h2-9,15H,10H2,1H3,(H,18,19)/b16-11+. The number of carboxylic acid groups (broad SMARTS) is 1. The number of hydrazone groups is 1. The molecule has 19 heavy (non-hydrogen) atoms. The second-order valence-corrected chi connectivity index (χ2v) is 4.10. The molecule has 0 spiro atoms. The van der Waals surface area contributed by atoms with Crippen molar-refractivity contribution in [2.45, 2.75) is 13.5 Å². The maximum atomic E-state index is 11.2. The molecule has 0 bridgehead atoms. The zero-order valence-corrected chi connectivity index (χ0v) is 10.6. The lowest BCUT2D eigenvalue weighted by Gasteiger charge is -2.14. The number of hydrogen-bond acceptors (Lipinski definition) is 2. The minimum absolute atomic E-state index is 0.230. The molecule has 2 aromatic rings. The van der Waals surface area contributed by atoms with Gasteiger partial charge in [0.15, 0.2) is 0 Å². The number of aromatic nitrogens is 1. The Balaban J connectivity index is 2.17. The molecule has 1 aromatic heterocycles. The molecule has 0 fully saturated rings. The molecule has 5 nitrogen and oxygen atoms in total. The van der Waals surface area contributed by atoms with Crippen molar-refractivity contribution in [3.63, 3.8) is 0 Å². The van der Waals surface area contributed by atoms with Crippen LogP contribution in [0.15, 0.2) is 53.8 Å². The summed E-state index contributed by atoms with van der Waals surface area (Å²) in [5, 5.41) is 14.4. The third-order valence-corrected chi connectivity index (χ3v) is 2.65. The minimum Gasteiger partial charge on any atom is -0.464 e. The Morgan fingerprint density at radius 1 is 1.26 bits per heavy atom. The summed E-state index contributed by atoms with van der Waals surface area (Å²) >= 11 is 0. The Hall–Kier alpha value is -2.56. The lowest BCUT2D eigenvalue weighted by atomic mass is 10.2. The van der Waals surface area contributed by atoms with Crippen molar-refractivity contribution >= 4 is 11.8 Å². The third kappa shape index (κ3) is 3.45. The maximum Gasteiger partial charge on any atom is 0.428 e. The summed E-state index contributed by atoms with van der Waals surface area (Å²) in [7, 11) is 0. The van der Waals surface area contributed by atoms with Gasteiger partial charge in [0.1, 0.15) is 0 Å². The fraction of sp³-hybridized carbons (Fsp3) is 0.143. The van der Waals surface area contributed by atoms with E-state index in [0.29, 0.717) is 5.71 Å². The number of aromatic amines is 1. The van der Waals surface area contributed by atoms with Crippen LogP contribution in [0.2, 0.25) is 0 Å². The lowest BCUT2D eigenvalue weighted by molar-refractivity contribution is 0.144. The zero-order chi connectivity index (χ0) is 13.7. The van der Waals surface area contributed by atoms with Crippen molar-refractivity contribution < 1.29 is 9.90 Å². The van der Waals surface area contributed by atoms with E-state index in [9.17, 15) is 9.90 Å². The first-order chi connectivity index (χ1) is 9.16. The number of hydrogen-bond donors (Lipinski definition) is 2. The molecule has 0 aliphatic rings. The van der Waals surface area contributed by atoms with Crippen molar-refractivity contribution in [3.05, 3.63) is 59.9 Å². The molecule has 0 radical (unpaired) electrons. The molecule has 98 valence electrons. The number of H-pyrrole nitrogens is 1. The molecule has 0 aliphatic carbocycles. The molecule has 0 saturated heterocycles. The van der Waals surface area contributed by atoms with Crippen LogP contribution in [0.1, 0.15) is 18.2 Å². The van der Waals surface area contributed by atoms with Gasteiger partial charge in [-0.15, -0.1) is 0 Å². The Morgan fingerprint density at radius 2 is 2.00 bits per heavy atom. The van der Waals surface area contributed by atoms with Gasteiger partial charge in [-0.3, -0.25) is 0 Å². The Morgan fingerprint density at radius 3 is 2.58 bits per heavy atom. The summed E-state index contributed by atoms with van der Waals surface area (Å²) < 4.78 is 0. The molecule has 0 saturated carbocycles. The number of amides is 1. The van der Waals surface area contributed by atoms with E-state index in [1.807, 2.05) is 42.5 Å². The summed E-state index contributed by atoms with van der Waals surface area (Å²) in [5.41, 5.74) is 2.33. The van der Waals surface area contributed by atoms with Gasteiger partial charge in [0, 0.05) is 6.20 Å². The fourth-order valence-electron chi connectivity index (χ4n) is 1.69. The SMILES string of the molecule is C/C(=N\N(Cc1ccccc1)C(=O)O)c1ccc[nH]1. The monoisotopic (exact) mass is 257 g/mol. The molecule has 1 heterocycles. The minimum atomic E-state index is -1.07. The maximum absolute atomic E-state index is 11.2. The van der Waals surface area contributed by atoms with E-state index in [0.717, 1.165) is 16.3 Å². The van der Waals surface area contributed by atoms with Crippen LogP contribution in [0.4, 0.5) is 4.79 Å². The highest BCUT2D eigenvalue weighted by Gasteiger charge is 2.12. The van der Waals surface area contributed by atoms with E-state index in [2.05, 4.69) is 10.1 Å². The van der Waals surface area contributed by atoms with E-state index in [-0.39, 0.29) is 6.54 Å². The number of rotatable bonds is 4. The van der Waals surface area contributed by atoms with E-state index < -0.39 is 6.09 Å². The van der Waals surface area contributed by atoms with Crippen LogP contribution in [0, 0.1) is 0 Å². The average Bonchev–Trinajstić information content (AvgIpc) is 2.93. The summed E-state index contributed by atoms with van der Waals surface area (Å²) in [6, 6.07) is 13.1. The van der Waals surface area contributed by atoms with Gasteiger partial charge in [-0.05, 0) is 24.6 Å². The normalized spacial score (nSPS) is 11.3. The van der Waals surface area contributed by atoms with E-state index in [4.69, 9.17) is 0 Å². The Labute approximate surface area is 111 Å². The number of benzene rings is 1. The first-order valence-electron chi connectivity index (χ1n) is 5.90. The molecule has 0 aliphatic heterocycles. The largest absolute Gasteiger partial charge is 0.464 e. The Bertz CT molecular complexity index is 562. The highest BCUT2D eigenvalue weighted by Crippen LogP contribution is 2.07. The highest BCUT2D eigenvalue weighted by molar-refractivity contribution is 5.97. The summed E-state index contributed by atoms with van der Waals surface area (Å²) in [5.74, 6) is 0. The second kappa shape index (κ2) is 5.86. The van der Waals surface area contributed by atoms with Crippen molar-refractivity contribution in [1.29, 1.82) is 0 Å². The summed E-state index contributed by atoms with van der Waals surface area (Å²) in [6.45, 7) is 2.00. The van der Waals surface area contributed by atoms with Gasteiger partial charge in [0.25, 0.3) is 0 Å². The molecule has 5 heteroatoms. The molecule has 1 amide bonds. The molecular formula is C14H15N3O2. The topological polar surface area (TPSA) is 68.7 Å². The van der Waals surface area contributed by atoms with Crippen molar-refractivity contribution in [1.82, 2.24) is 9.99 Å².